The van der Waals surface area contributed by atoms with Gasteiger partial charge in [0.05, 0.1) is 24.1 Å². The van der Waals surface area contributed by atoms with Crippen molar-refractivity contribution in [2.75, 3.05) is 27.2 Å². The third-order valence-corrected chi connectivity index (χ3v) is 8.92. The van der Waals surface area contributed by atoms with E-state index in [9.17, 15) is 34.8 Å². The molecule has 0 spiro atoms. The average Bonchev–Trinajstić information content (AvgIpc) is 3.45. The zero-order valence-electron chi connectivity index (χ0n) is 23.5. The van der Waals surface area contributed by atoms with Crippen LogP contribution in [0.25, 0.3) is 16.9 Å². The number of aliphatic hydroxyl groups excluding tert-OH is 2. The van der Waals surface area contributed by atoms with Crippen LogP contribution in [0.3, 0.4) is 0 Å². The van der Waals surface area contributed by atoms with Gasteiger partial charge in [-0.2, -0.15) is 0 Å². The van der Waals surface area contributed by atoms with Crippen LogP contribution >= 0.6 is 0 Å². The number of hydrogen-bond donors (Lipinski definition) is 5. The van der Waals surface area contributed by atoms with Crippen LogP contribution in [-0.2, 0) is 27.3 Å². The maximum atomic E-state index is 14.1. The second-order valence-corrected chi connectivity index (χ2v) is 11.2. The molecule has 6 N–H and O–H groups in total. The quantitative estimate of drug-likeness (QED) is 0.312. The van der Waals surface area contributed by atoms with Crippen molar-refractivity contribution in [3.8, 4) is 16.9 Å². The van der Waals surface area contributed by atoms with Gasteiger partial charge >= 0.3 is 0 Å². The first-order valence-electron chi connectivity index (χ1n) is 13.7. The van der Waals surface area contributed by atoms with E-state index >= 15 is 0 Å². The van der Waals surface area contributed by atoms with Crippen molar-refractivity contribution >= 4 is 23.2 Å². The van der Waals surface area contributed by atoms with Crippen molar-refractivity contribution in [2.45, 2.75) is 44.9 Å². The Bertz CT molecular complexity index is 1500. The summed E-state index contributed by atoms with van der Waals surface area (Å²) >= 11 is 0. The topological polar surface area (TPSA) is 178 Å². The Kier molecular flexibility index (Phi) is 7.09. The predicted octanol–water partition coefficient (Wildman–Crippen LogP) is 2.07. The molecule has 218 valence electrons. The number of fused-ring (bicyclic) bond motifs is 3. The maximum Gasteiger partial charge on any atom is 0.255 e. The first kappa shape index (κ1) is 28.6. The van der Waals surface area contributed by atoms with Crippen molar-refractivity contribution in [3.63, 3.8) is 0 Å². The van der Waals surface area contributed by atoms with Crippen molar-refractivity contribution < 1.29 is 39.2 Å². The van der Waals surface area contributed by atoms with E-state index in [0.717, 1.165) is 24.2 Å². The molecule has 5 rings (SSSR count). The third kappa shape index (κ3) is 4.10. The number of carbonyl (C=O) groups excluding carboxylic acids is 3. The molecule has 1 saturated carbocycles. The summed E-state index contributed by atoms with van der Waals surface area (Å²) in [5.74, 6) is -6.67. The molecule has 0 saturated heterocycles. The van der Waals surface area contributed by atoms with Gasteiger partial charge < -0.3 is 30.6 Å². The fourth-order valence-corrected chi connectivity index (χ4v) is 6.85. The summed E-state index contributed by atoms with van der Waals surface area (Å²) in [6.45, 7) is 5.80. The van der Waals surface area contributed by atoms with Gasteiger partial charge in [-0.25, -0.2) is 0 Å². The van der Waals surface area contributed by atoms with E-state index in [4.69, 9.17) is 10.2 Å². The zero-order valence-corrected chi connectivity index (χ0v) is 23.5. The van der Waals surface area contributed by atoms with Crippen LogP contribution in [0, 0.1) is 11.8 Å². The van der Waals surface area contributed by atoms with Gasteiger partial charge in [-0.05, 0) is 69.2 Å². The van der Waals surface area contributed by atoms with Gasteiger partial charge in [0.25, 0.3) is 5.91 Å². The number of nitrogens with two attached hydrogens (primary N) is 1. The van der Waals surface area contributed by atoms with Gasteiger partial charge in [-0.3, -0.25) is 24.2 Å². The zero-order chi connectivity index (χ0) is 30.0. The molecule has 1 amide bonds. The van der Waals surface area contributed by atoms with Gasteiger partial charge in [0.2, 0.25) is 5.78 Å². The van der Waals surface area contributed by atoms with E-state index in [1.54, 1.807) is 26.4 Å². The second kappa shape index (κ2) is 10.2. The molecular weight excluding hydrogens is 530 g/mol. The number of likely N-dealkylation sites (N-methyl/N-ethyl adjacent to an activating group) is 1. The summed E-state index contributed by atoms with van der Waals surface area (Å²) in [5, 5.41) is 46.0. The molecule has 41 heavy (non-hydrogen) atoms. The Morgan fingerprint density at radius 3 is 2.41 bits per heavy atom. The summed E-state index contributed by atoms with van der Waals surface area (Å²) in [5.41, 5.74) is 4.35. The fraction of sp³-hybridized carbons (Fsp3) is 0.433. The van der Waals surface area contributed by atoms with Gasteiger partial charge in [-0.15, -0.1) is 0 Å². The molecule has 1 fully saturated rings. The van der Waals surface area contributed by atoms with E-state index in [1.165, 1.54) is 11.2 Å². The van der Waals surface area contributed by atoms with Crippen LogP contribution < -0.4 is 5.73 Å². The van der Waals surface area contributed by atoms with Crippen LogP contribution in [-0.4, -0.2) is 86.5 Å². The number of benzene rings is 1. The molecule has 0 radical (unpaired) electrons. The number of phenolic OH excluding ortho intramolecular Hbond substituents is 1. The van der Waals surface area contributed by atoms with E-state index in [-0.39, 0.29) is 29.7 Å². The Balaban J connectivity index is 1.76. The summed E-state index contributed by atoms with van der Waals surface area (Å²) in [6.07, 6.45) is 3.31. The van der Waals surface area contributed by atoms with E-state index in [1.807, 2.05) is 19.9 Å². The first-order chi connectivity index (χ1) is 19.4. The number of carbonyl (C=O) groups is 3. The fourth-order valence-electron chi connectivity index (χ4n) is 6.85. The summed E-state index contributed by atoms with van der Waals surface area (Å²) in [4.78, 5) is 43.2. The molecule has 11 heteroatoms. The Hall–Kier alpha value is -3.93. The summed E-state index contributed by atoms with van der Waals surface area (Å²) in [7, 11) is 3.14. The van der Waals surface area contributed by atoms with Gasteiger partial charge in [0.1, 0.15) is 22.8 Å². The van der Waals surface area contributed by atoms with Crippen molar-refractivity contribution in [1.82, 2.24) is 9.80 Å². The lowest BCUT2D eigenvalue weighted by Crippen LogP contribution is -2.65. The number of rotatable bonds is 7. The summed E-state index contributed by atoms with van der Waals surface area (Å²) < 4.78 is 5.33. The minimum absolute atomic E-state index is 0.0263. The standard InChI is InChI=1S/C30H35N3O8/c1-5-33(6-2)12-16-10-17(14-7-8-41-13-14)18-9-15-11-19-23(32(3)4)26(36)22(29(31)39)28(38)30(19,40)27(37)20(15)25(35)21(18)24(16)34/h7-8,10,13,15,19,23,34-35,38,40H,5-6,9,11-12H2,1-4H3,(H2,31,39)/t15-,19+,23-,30+/m0/s1. The number of aromatic hydroxyl groups is 1. The Morgan fingerprint density at radius 1 is 1.17 bits per heavy atom. The minimum atomic E-state index is -2.67. The largest absolute Gasteiger partial charge is 0.508 e. The third-order valence-electron chi connectivity index (χ3n) is 8.92. The predicted molar refractivity (Wildman–Crippen MR) is 149 cm³/mol. The van der Waals surface area contributed by atoms with Gasteiger partial charge in [-0.1, -0.05) is 13.8 Å². The Morgan fingerprint density at radius 2 is 1.85 bits per heavy atom. The van der Waals surface area contributed by atoms with Gasteiger partial charge in [0.15, 0.2) is 11.4 Å². The highest BCUT2D eigenvalue weighted by atomic mass is 16.3. The van der Waals surface area contributed by atoms with Crippen LogP contribution in [0.15, 0.2) is 46.0 Å². The highest BCUT2D eigenvalue weighted by molar-refractivity contribution is 6.24. The average molecular weight is 566 g/mol. The lowest BCUT2D eigenvalue weighted by molar-refractivity contribution is -0.153. The van der Waals surface area contributed by atoms with Gasteiger partial charge in [0, 0.05) is 29.2 Å². The van der Waals surface area contributed by atoms with E-state index < -0.39 is 58.0 Å². The Labute approximate surface area is 237 Å². The molecule has 11 nitrogen and oxygen atoms in total. The number of Topliss-reactive ketones (excluding diaryl/α,β-unsaturated/α-hetero) is 2. The number of ketones is 2. The van der Waals surface area contributed by atoms with Crippen LogP contribution in [0.5, 0.6) is 5.75 Å². The second-order valence-electron chi connectivity index (χ2n) is 11.2. The van der Waals surface area contributed by atoms with Crippen LogP contribution in [0.1, 0.15) is 37.0 Å². The van der Waals surface area contributed by atoms with E-state index in [0.29, 0.717) is 17.7 Å². The van der Waals surface area contributed by atoms with Crippen LogP contribution in [0.2, 0.25) is 0 Å². The van der Waals surface area contributed by atoms with Crippen LogP contribution in [0.4, 0.5) is 0 Å². The van der Waals surface area contributed by atoms with Crippen molar-refractivity contribution in [2.24, 2.45) is 17.6 Å². The highest BCUT2D eigenvalue weighted by Gasteiger charge is 2.64. The maximum absolute atomic E-state index is 14.1. The molecular formula is C30H35N3O8. The number of primary amides is 1. The van der Waals surface area contributed by atoms with Crippen molar-refractivity contribution in [1.29, 1.82) is 0 Å². The lowest BCUT2D eigenvalue weighted by Gasteiger charge is -2.50. The van der Waals surface area contributed by atoms with Crippen molar-refractivity contribution in [3.05, 3.63) is 58.3 Å². The lowest BCUT2D eigenvalue weighted by atomic mass is 9.57. The summed E-state index contributed by atoms with van der Waals surface area (Å²) in [6, 6.07) is 2.49. The van der Waals surface area contributed by atoms with E-state index in [2.05, 4.69) is 4.90 Å². The number of amides is 1. The monoisotopic (exact) mass is 565 g/mol. The molecule has 4 atom stereocenters. The molecule has 3 aliphatic rings. The molecule has 0 unspecified atom stereocenters. The first-order valence-corrected chi connectivity index (χ1v) is 13.7. The smallest absolute Gasteiger partial charge is 0.255 e. The molecule has 3 aliphatic carbocycles. The number of furan rings is 1. The number of hydrogen-bond acceptors (Lipinski definition) is 10. The molecule has 1 aromatic heterocycles. The molecule has 0 aliphatic heterocycles. The SMILES string of the molecule is CCN(CC)Cc1cc(-c2ccoc2)c2c(c1O)C(O)=C1C(=O)[C@@]3(O)C(O)=C(C(N)=O)C(=O)[C@@H](N(C)C)[C@H]3C[C@@H]1C2. The normalized spacial score (nSPS) is 26.0. The molecule has 0 bridgehead atoms. The molecule has 1 heterocycles. The number of phenols is 1. The molecule has 1 aromatic carbocycles. The number of aliphatic hydroxyl groups is 3. The number of nitrogens with zero attached hydrogens (tertiary/aromatic N) is 2. The minimum Gasteiger partial charge on any atom is -0.508 e. The molecule has 2 aromatic rings. The highest BCUT2D eigenvalue weighted by Crippen LogP contribution is 2.54.